The molecule has 3 aromatic rings. The highest BCUT2D eigenvalue weighted by molar-refractivity contribution is 6.36. The molecule has 1 fully saturated rings. The van der Waals surface area contributed by atoms with Crippen LogP contribution in [0.15, 0.2) is 36.4 Å². The topological polar surface area (TPSA) is 99.5 Å². The molecular weight excluding hydrogens is 514 g/mol. The standard InChI is InChI=1S/C30H36ClN5O3/c1-18-21(22-7-5-9-24(32-2)27(22)31)6-4-8-23(18)34-29(37)28-33-25-17-36(15-14-26(25)35(28)3)16-19-10-12-20(13-11-19)30(38)39/h4-9,19-20,32H,10-17H2,1-3H3,(H,34,37)(H,38,39)/t19-,20+. The van der Waals surface area contributed by atoms with Gasteiger partial charge in [0.15, 0.2) is 5.82 Å². The number of hydrogen-bond acceptors (Lipinski definition) is 5. The molecule has 0 radical (unpaired) electrons. The lowest BCUT2D eigenvalue weighted by molar-refractivity contribution is -0.143. The van der Waals surface area contributed by atoms with Crippen LogP contribution >= 0.6 is 11.6 Å². The number of carboxylic acid groups (broad SMARTS) is 1. The highest BCUT2D eigenvalue weighted by Crippen LogP contribution is 2.37. The van der Waals surface area contributed by atoms with Gasteiger partial charge in [-0.3, -0.25) is 14.5 Å². The predicted octanol–water partition coefficient (Wildman–Crippen LogP) is 5.59. The fourth-order valence-corrected chi connectivity index (χ4v) is 6.39. The molecule has 8 nitrogen and oxygen atoms in total. The van der Waals surface area contributed by atoms with Gasteiger partial charge in [0.25, 0.3) is 5.91 Å². The van der Waals surface area contributed by atoms with Gasteiger partial charge in [-0.15, -0.1) is 0 Å². The fourth-order valence-electron chi connectivity index (χ4n) is 6.07. The lowest BCUT2D eigenvalue weighted by Gasteiger charge is -2.33. The van der Waals surface area contributed by atoms with Crippen molar-refractivity contribution in [3.8, 4) is 11.1 Å². The number of nitrogens with zero attached hydrogens (tertiary/aromatic N) is 3. The molecule has 0 unspecified atom stereocenters. The molecule has 1 aliphatic heterocycles. The first-order valence-corrected chi connectivity index (χ1v) is 14.0. The molecule has 39 heavy (non-hydrogen) atoms. The zero-order valence-electron chi connectivity index (χ0n) is 22.8. The van der Waals surface area contributed by atoms with Crippen molar-refractivity contribution in [1.29, 1.82) is 0 Å². The number of aliphatic carboxylic acids is 1. The van der Waals surface area contributed by atoms with Gasteiger partial charge in [0.05, 0.1) is 22.3 Å². The number of aromatic nitrogens is 2. The number of fused-ring (bicyclic) bond motifs is 1. The summed E-state index contributed by atoms with van der Waals surface area (Å²) in [5.41, 5.74) is 6.43. The van der Waals surface area contributed by atoms with Gasteiger partial charge in [0, 0.05) is 57.1 Å². The van der Waals surface area contributed by atoms with Crippen LogP contribution in [0.4, 0.5) is 11.4 Å². The summed E-state index contributed by atoms with van der Waals surface area (Å²) in [6, 6.07) is 11.7. The van der Waals surface area contributed by atoms with E-state index in [-0.39, 0.29) is 11.8 Å². The van der Waals surface area contributed by atoms with Crippen molar-refractivity contribution < 1.29 is 14.7 Å². The largest absolute Gasteiger partial charge is 0.481 e. The lowest BCUT2D eigenvalue weighted by atomic mass is 9.81. The molecule has 2 heterocycles. The molecule has 1 saturated carbocycles. The average Bonchev–Trinajstić information content (AvgIpc) is 3.26. The van der Waals surface area contributed by atoms with Gasteiger partial charge in [-0.2, -0.15) is 0 Å². The van der Waals surface area contributed by atoms with Crippen LogP contribution in [-0.2, 0) is 24.8 Å². The number of amides is 1. The zero-order valence-corrected chi connectivity index (χ0v) is 23.5. The Morgan fingerprint density at radius 2 is 1.77 bits per heavy atom. The van der Waals surface area contributed by atoms with Gasteiger partial charge >= 0.3 is 5.97 Å². The minimum Gasteiger partial charge on any atom is -0.481 e. The van der Waals surface area contributed by atoms with Crippen LogP contribution in [0.5, 0.6) is 0 Å². The maximum atomic E-state index is 13.4. The Morgan fingerprint density at radius 1 is 1.08 bits per heavy atom. The predicted molar refractivity (Wildman–Crippen MR) is 154 cm³/mol. The van der Waals surface area contributed by atoms with Crippen molar-refractivity contribution in [2.45, 2.75) is 45.6 Å². The summed E-state index contributed by atoms with van der Waals surface area (Å²) < 4.78 is 1.92. The molecular formula is C30H36ClN5O3. The van der Waals surface area contributed by atoms with Gasteiger partial charge in [-0.05, 0) is 61.8 Å². The molecule has 1 amide bonds. The molecule has 0 spiro atoms. The highest BCUT2D eigenvalue weighted by atomic mass is 35.5. The summed E-state index contributed by atoms with van der Waals surface area (Å²) in [5, 5.41) is 16.1. The minimum absolute atomic E-state index is 0.189. The number of halogens is 1. The van der Waals surface area contributed by atoms with Crippen LogP contribution in [-0.4, -0.2) is 51.6 Å². The van der Waals surface area contributed by atoms with Gasteiger partial charge in [0.1, 0.15) is 0 Å². The van der Waals surface area contributed by atoms with Crippen molar-refractivity contribution in [2.24, 2.45) is 18.9 Å². The Labute approximate surface area is 234 Å². The molecule has 0 saturated heterocycles. The van der Waals surface area contributed by atoms with E-state index in [1.807, 2.05) is 62.0 Å². The van der Waals surface area contributed by atoms with E-state index in [1.165, 1.54) is 0 Å². The number of imidazole rings is 1. The van der Waals surface area contributed by atoms with Crippen LogP contribution in [0.2, 0.25) is 5.02 Å². The van der Waals surface area contributed by atoms with E-state index < -0.39 is 5.97 Å². The van der Waals surface area contributed by atoms with Gasteiger partial charge in [-0.25, -0.2) is 4.98 Å². The second-order valence-corrected chi connectivity index (χ2v) is 11.2. The number of carbonyl (C=O) groups excluding carboxylic acids is 1. The quantitative estimate of drug-likeness (QED) is 0.355. The number of nitrogens with one attached hydrogen (secondary N) is 2. The maximum absolute atomic E-state index is 13.4. The van der Waals surface area contributed by atoms with Crippen molar-refractivity contribution in [3.05, 3.63) is 64.2 Å². The molecule has 0 bridgehead atoms. The van der Waals surface area contributed by atoms with Crippen molar-refractivity contribution >= 4 is 34.9 Å². The Kier molecular flexibility index (Phi) is 7.96. The molecule has 1 aromatic heterocycles. The highest BCUT2D eigenvalue weighted by Gasteiger charge is 2.30. The molecule has 3 N–H and O–H groups in total. The summed E-state index contributed by atoms with van der Waals surface area (Å²) in [6.45, 7) is 4.57. The summed E-state index contributed by atoms with van der Waals surface area (Å²) in [7, 11) is 3.75. The Hall–Kier alpha value is -3.36. The van der Waals surface area contributed by atoms with Crippen LogP contribution in [0.3, 0.4) is 0 Å². The van der Waals surface area contributed by atoms with Crippen molar-refractivity contribution in [2.75, 3.05) is 30.8 Å². The van der Waals surface area contributed by atoms with Crippen LogP contribution in [0.25, 0.3) is 11.1 Å². The van der Waals surface area contributed by atoms with E-state index in [1.54, 1.807) is 0 Å². The first kappa shape index (κ1) is 27.2. The third-order valence-corrected chi connectivity index (χ3v) is 8.80. The smallest absolute Gasteiger partial charge is 0.306 e. The fraction of sp³-hybridized carbons (Fsp3) is 0.433. The third-order valence-electron chi connectivity index (χ3n) is 8.39. The molecule has 2 aliphatic rings. The Balaban J connectivity index is 1.29. The van der Waals surface area contributed by atoms with E-state index in [2.05, 4.69) is 15.5 Å². The van der Waals surface area contributed by atoms with Crippen LogP contribution in [0, 0.1) is 18.8 Å². The van der Waals surface area contributed by atoms with E-state index in [9.17, 15) is 14.7 Å². The first-order chi connectivity index (χ1) is 18.8. The van der Waals surface area contributed by atoms with Crippen LogP contribution < -0.4 is 10.6 Å². The van der Waals surface area contributed by atoms with Crippen molar-refractivity contribution in [3.63, 3.8) is 0 Å². The number of carbonyl (C=O) groups is 2. The van der Waals surface area contributed by atoms with Crippen LogP contribution in [0.1, 0.15) is 53.3 Å². The molecule has 0 atom stereocenters. The lowest BCUT2D eigenvalue weighted by Crippen LogP contribution is -2.36. The SMILES string of the molecule is CNc1cccc(-c2cccc(NC(=O)c3nc4c(n3C)CCN(C[C@H]3CC[C@@H](C(=O)O)CC3)C4)c2C)c1Cl. The van der Waals surface area contributed by atoms with Gasteiger partial charge < -0.3 is 20.3 Å². The molecule has 2 aromatic carbocycles. The molecule has 9 heteroatoms. The van der Waals surface area contributed by atoms with E-state index in [0.717, 1.165) is 84.6 Å². The van der Waals surface area contributed by atoms with E-state index >= 15 is 0 Å². The summed E-state index contributed by atoms with van der Waals surface area (Å²) >= 11 is 6.65. The molecule has 5 rings (SSSR count). The number of anilines is 2. The molecule has 206 valence electrons. The Bertz CT molecular complexity index is 1390. The van der Waals surface area contributed by atoms with Crippen molar-refractivity contribution in [1.82, 2.24) is 14.5 Å². The van der Waals surface area contributed by atoms with Gasteiger partial charge in [0.2, 0.25) is 0 Å². The maximum Gasteiger partial charge on any atom is 0.306 e. The minimum atomic E-state index is -0.663. The average molecular weight is 550 g/mol. The number of hydrogen-bond donors (Lipinski definition) is 3. The zero-order chi connectivity index (χ0) is 27.7. The van der Waals surface area contributed by atoms with E-state index in [0.29, 0.717) is 23.3 Å². The van der Waals surface area contributed by atoms with Gasteiger partial charge in [-0.1, -0.05) is 35.9 Å². The summed E-state index contributed by atoms with van der Waals surface area (Å²) in [5.74, 6) is -0.161. The summed E-state index contributed by atoms with van der Waals surface area (Å²) in [6.07, 6.45) is 4.28. The monoisotopic (exact) mass is 549 g/mol. The number of rotatable bonds is 7. The Morgan fingerprint density at radius 3 is 2.46 bits per heavy atom. The first-order valence-electron chi connectivity index (χ1n) is 13.6. The van der Waals surface area contributed by atoms with E-state index in [4.69, 9.17) is 16.6 Å². The second kappa shape index (κ2) is 11.4. The number of benzene rings is 2. The molecule has 1 aliphatic carbocycles. The number of carboxylic acids is 1. The third kappa shape index (κ3) is 5.54. The second-order valence-electron chi connectivity index (χ2n) is 10.8. The summed E-state index contributed by atoms with van der Waals surface area (Å²) in [4.78, 5) is 31.9. The normalized spacial score (nSPS) is 19.4.